The quantitative estimate of drug-likeness (QED) is 0.499. The number of aliphatic hydroxyl groups excluding tert-OH is 1. The third-order valence-electron chi connectivity index (χ3n) is 2.16. The van der Waals surface area contributed by atoms with Gasteiger partial charge >= 0.3 is 6.18 Å². The fourth-order valence-corrected chi connectivity index (χ4v) is 1.31. The molecule has 1 rings (SSSR count). The van der Waals surface area contributed by atoms with Crippen molar-refractivity contribution in [1.82, 2.24) is 0 Å². The third kappa shape index (κ3) is 7.54. The second-order valence-electron chi connectivity index (χ2n) is 3.93. The molecule has 0 aliphatic carbocycles. The molecule has 116 valence electrons. The lowest BCUT2D eigenvalue weighted by Gasteiger charge is -2.09. The fourth-order valence-electron chi connectivity index (χ4n) is 1.31. The monoisotopic (exact) mass is 306 g/mol. The number of benzene rings is 1. The average Bonchev–Trinajstić information content (AvgIpc) is 2.39. The molecule has 0 atom stereocenters. The van der Waals surface area contributed by atoms with Crippen molar-refractivity contribution in [2.45, 2.75) is 12.6 Å². The Balaban J connectivity index is 2.40. The second-order valence-corrected chi connectivity index (χ2v) is 3.93. The van der Waals surface area contributed by atoms with E-state index in [1.54, 1.807) is 0 Å². The van der Waals surface area contributed by atoms with Crippen LogP contribution in [-0.2, 0) is 4.74 Å². The van der Waals surface area contributed by atoms with Crippen molar-refractivity contribution < 1.29 is 32.1 Å². The predicted octanol–water partition coefficient (Wildman–Crippen LogP) is 2.52. The predicted molar refractivity (Wildman–Crippen MR) is 67.3 cm³/mol. The van der Waals surface area contributed by atoms with Crippen LogP contribution in [0.4, 0.5) is 17.6 Å². The molecule has 0 heterocycles. The molecule has 0 aromatic heterocycles. The van der Waals surface area contributed by atoms with Crippen molar-refractivity contribution in [1.29, 1.82) is 0 Å². The fraction of sp³-hybridized carbons (Fsp3) is 0.429. The van der Waals surface area contributed by atoms with Gasteiger partial charge in [-0.3, -0.25) is 0 Å². The van der Waals surface area contributed by atoms with E-state index in [0.717, 1.165) is 6.07 Å². The minimum atomic E-state index is -4.37. The summed E-state index contributed by atoms with van der Waals surface area (Å²) in [6.07, 6.45) is -4.13. The first kappa shape index (κ1) is 17.3. The average molecular weight is 306 g/mol. The summed E-state index contributed by atoms with van der Waals surface area (Å²) in [6, 6.07) is 3.94. The summed E-state index contributed by atoms with van der Waals surface area (Å²) in [5.74, 6) is 4.70. The summed E-state index contributed by atoms with van der Waals surface area (Å²) in [5, 5.41) is 8.55. The van der Waals surface area contributed by atoms with E-state index in [9.17, 15) is 17.6 Å². The number of ether oxygens (including phenoxy) is 2. The molecule has 0 aliphatic rings. The molecule has 0 aliphatic heterocycles. The van der Waals surface area contributed by atoms with Crippen molar-refractivity contribution in [3.63, 3.8) is 0 Å². The molecule has 0 radical (unpaired) electrons. The first-order valence-electron chi connectivity index (χ1n) is 6.09. The normalized spacial score (nSPS) is 10.9. The van der Waals surface area contributed by atoms with E-state index in [2.05, 4.69) is 16.6 Å². The Labute approximate surface area is 119 Å². The maximum atomic E-state index is 13.6. The highest BCUT2D eigenvalue weighted by atomic mass is 19.4. The van der Waals surface area contributed by atoms with E-state index in [1.807, 2.05) is 0 Å². The third-order valence-corrected chi connectivity index (χ3v) is 2.16. The maximum absolute atomic E-state index is 13.6. The maximum Gasteiger partial charge on any atom is 0.411 e. The Morgan fingerprint density at radius 1 is 1.19 bits per heavy atom. The number of aliphatic hydroxyl groups is 1. The topological polar surface area (TPSA) is 38.7 Å². The lowest BCUT2D eigenvalue weighted by atomic mass is 10.2. The Bertz CT molecular complexity index is 503. The van der Waals surface area contributed by atoms with Crippen LogP contribution in [0.3, 0.4) is 0 Å². The first-order chi connectivity index (χ1) is 9.92. The van der Waals surface area contributed by atoms with Crippen LogP contribution in [0.25, 0.3) is 0 Å². The van der Waals surface area contributed by atoms with Crippen LogP contribution in [-0.4, -0.2) is 37.7 Å². The summed E-state index contributed by atoms with van der Waals surface area (Å²) in [7, 11) is 0. The van der Waals surface area contributed by atoms with Crippen molar-refractivity contribution in [3.8, 4) is 17.6 Å². The van der Waals surface area contributed by atoms with Gasteiger partial charge in [-0.25, -0.2) is 4.39 Å². The van der Waals surface area contributed by atoms with Gasteiger partial charge in [0.2, 0.25) is 0 Å². The van der Waals surface area contributed by atoms with E-state index in [1.165, 1.54) is 12.1 Å². The van der Waals surface area contributed by atoms with Gasteiger partial charge in [-0.2, -0.15) is 13.2 Å². The summed E-state index contributed by atoms with van der Waals surface area (Å²) in [6.45, 7) is -1.82. The van der Waals surface area contributed by atoms with E-state index in [0.29, 0.717) is 0 Å². The van der Waals surface area contributed by atoms with E-state index in [-0.39, 0.29) is 37.6 Å². The van der Waals surface area contributed by atoms with E-state index >= 15 is 0 Å². The molecule has 0 fully saturated rings. The van der Waals surface area contributed by atoms with Crippen LogP contribution in [0.5, 0.6) is 5.75 Å². The van der Waals surface area contributed by atoms with Crippen molar-refractivity contribution in [2.24, 2.45) is 0 Å². The van der Waals surface area contributed by atoms with E-state index in [4.69, 9.17) is 9.84 Å². The molecule has 0 spiro atoms. The van der Waals surface area contributed by atoms with Crippen LogP contribution >= 0.6 is 0 Å². The molecular weight excluding hydrogens is 292 g/mol. The Morgan fingerprint density at radius 3 is 2.57 bits per heavy atom. The summed E-state index contributed by atoms with van der Waals surface area (Å²) >= 11 is 0. The molecule has 0 saturated heterocycles. The summed E-state index contributed by atoms with van der Waals surface area (Å²) in [5.41, 5.74) is 0.157. The largest absolute Gasteiger partial charge is 0.491 e. The summed E-state index contributed by atoms with van der Waals surface area (Å²) < 4.78 is 58.4. The summed E-state index contributed by atoms with van der Waals surface area (Å²) in [4.78, 5) is 0. The number of hydrogen-bond acceptors (Lipinski definition) is 3. The zero-order valence-electron chi connectivity index (χ0n) is 11.0. The molecule has 0 amide bonds. The molecule has 3 nitrogen and oxygen atoms in total. The second kappa shape index (κ2) is 8.49. The first-order valence-corrected chi connectivity index (χ1v) is 6.09. The number of halogens is 4. The van der Waals surface area contributed by atoms with Gasteiger partial charge in [0.15, 0.2) is 0 Å². The molecular formula is C14H14F4O3. The van der Waals surface area contributed by atoms with Crippen LogP contribution in [0.1, 0.15) is 12.0 Å². The van der Waals surface area contributed by atoms with Gasteiger partial charge in [-0.1, -0.05) is 11.8 Å². The SMILES string of the molecule is OCCC#Cc1ccc(OCCOCC(F)(F)F)cc1F. The molecule has 0 unspecified atom stereocenters. The van der Waals surface area contributed by atoms with Gasteiger partial charge in [0, 0.05) is 12.5 Å². The van der Waals surface area contributed by atoms with Crippen LogP contribution < -0.4 is 4.74 Å². The number of alkyl halides is 3. The Hall–Kier alpha value is -1.78. The smallest absolute Gasteiger partial charge is 0.411 e. The lowest BCUT2D eigenvalue weighted by Crippen LogP contribution is -2.19. The van der Waals surface area contributed by atoms with Gasteiger partial charge < -0.3 is 14.6 Å². The Kier molecular flexibility index (Phi) is 6.99. The van der Waals surface area contributed by atoms with E-state index < -0.39 is 18.6 Å². The zero-order valence-corrected chi connectivity index (χ0v) is 11.0. The van der Waals surface area contributed by atoms with Crippen LogP contribution in [0.2, 0.25) is 0 Å². The van der Waals surface area contributed by atoms with Crippen molar-refractivity contribution in [3.05, 3.63) is 29.6 Å². The van der Waals surface area contributed by atoms with Crippen molar-refractivity contribution >= 4 is 0 Å². The molecule has 1 aromatic rings. The van der Waals surface area contributed by atoms with Gasteiger partial charge in [0.25, 0.3) is 0 Å². The molecule has 1 N–H and O–H groups in total. The molecule has 0 bridgehead atoms. The molecule has 7 heteroatoms. The minimum absolute atomic E-state index is 0.103. The standard InChI is InChI=1S/C14H14F4O3/c15-13-9-12(5-4-11(13)3-1-2-6-19)21-8-7-20-10-14(16,17)18/h4-5,9,19H,2,6-8,10H2. The highest BCUT2D eigenvalue weighted by Gasteiger charge is 2.27. The molecule has 21 heavy (non-hydrogen) atoms. The zero-order chi connectivity index (χ0) is 15.7. The lowest BCUT2D eigenvalue weighted by molar-refractivity contribution is -0.175. The van der Waals surface area contributed by atoms with Gasteiger partial charge in [-0.05, 0) is 12.1 Å². The highest BCUT2D eigenvalue weighted by molar-refractivity contribution is 5.39. The van der Waals surface area contributed by atoms with Crippen LogP contribution in [0.15, 0.2) is 18.2 Å². The van der Waals surface area contributed by atoms with Gasteiger partial charge in [0.1, 0.15) is 24.8 Å². The highest BCUT2D eigenvalue weighted by Crippen LogP contribution is 2.17. The van der Waals surface area contributed by atoms with Crippen LogP contribution in [0, 0.1) is 17.7 Å². The van der Waals surface area contributed by atoms with Crippen molar-refractivity contribution in [2.75, 3.05) is 26.4 Å². The minimum Gasteiger partial charge on any atom is -0.491 e. The van der Waals surface area contributed by atoms with Gasteiger partial charge in [0.05, 0.1) is 18.8 Å². The number of hydrogen-bond donors (Lipinski definition) is 1. The molecule has 0 saturated carbocycles. The number of rotatable bonds is 6. The Morgan fingerprint density at radius 2 is 1.95 bits per heavy atom. The molecule has 1 aromatic carbocycles. The van der Waals surface area contributed by atoms with Gasteiger partial charge in [-0.15, -0.1) is 0 Å².